The average Bonchev–Trinajstić information content (AvgIpc) is 2.36. The van der Waals surface area contributed by atoms with Gasteiger partial charge in [-0.1, -0.05) is 39.0 Å². The second-order valence-electron chi connectivity index (χ2n) is 6.99. The maximum absolute atomic E-state index is 3.92. The van der Waals surface area contributed by atoms with E-state index in [0.717, 1.165) is 18.1 Å². The zero-order valence-corrected chi connectivity index (χ0v) is 13.3. The molecular weight excluding hydrogens is 232 g/mol. The molecule has 3 atom stereocenters. The molecule has 0 amide bonds. The predicted octanol–water partition coefficient (Wildman–Crippen LogP) is 3.95. The average molecular weight is 266 g/mol. The van der Waals surface area contributed by atoms with Crippen molar-refractivity contribution in [3.8, 4) is 0 Å². The monoisotopic (exact) mass is 266 g/mol. The highest BCUT2D eigenvalue weighted by atomic mass is 15.2. The van der Waals surface area contributed by atoms with Crippen LogP contribution in [0.15, 0.2) is 0 Å². The normalized spacial score (nSPS) is 33.3. The Morgan fingerprint density at radius 3 is 2.42 bits per heavy atom. The molecule has 0 aromatic carbocycles. The number of nitrogens with one attached hydrogen (secondary N) is 1. The molecule has 0 saturated carbocycles. The number of unbranched alkanes of at least 4 members (excludes halogenated alkanes) is 3. The molecule has 2 aliphatic rings. The minimum Gasteiger partial charge on any atom is -0.311 e. The smallest absolute Gasteiger partial charge is 0.0110 e. The van der Waals surface area contributed by atoms with Gasteiger partial charge in [0.1, 0.15) is 0 Å². The van der Waals surface area contributed by atoms with E-state index < -0.39 is 0 Å². The van der Waals surface area contributed by atoms with Gasteiger partial charge in [-0.2, -0.15) is 0 Å². The zero-order valence-electron chi connectivity index (χ0n) is 13.3. The van der Waals surface area contributed by atoms with E-state index in [0.29, 0.717) is 6.04 Å². The molecule has 1 N–H and O–H groups in total. The summed E-state index contributed by atoms with van der Waals surface area (Å²) in [5.41, 5.74) is 0. The van der Waals surface area contributed by atoms with E-state index in [1.165, 1.54) is 64.2 Å². The van der Waals surface area contributed by atoms with Gasteiger partial charge in [0.05, 0.1) is 0 Å². The van der Waals surface area contributed by atoms with Crippen LogP contribution in [0.2, 0.25) is 0 Å². The van der Waals surface area contributed by atoms with Crippen molar-refractivity contribution in [1.82, 2.24) is 10.2 Å². The predicted molar refractivity (Wildman–Crippen MR) is 83.6 cm³/mol. The topological polar surface area (TPSA) is 15.3 Å². The molecule has 2 fully saturated rings. The van der Waals surface area contributed by atoms with E-state index in [1.54, 1.807) is 0 Å². The molecule has 0 spiro atoms. The SMILES string of the molecule is CCCCCCC(C)NC1CC2CCCC(C1)N2C. The van der Waals surface area contributed by atoms with Crippen molar-refractivity contribution < 1.29 is 0 Å². The molecule has 0 aromatic heterocycles. The number of fused-ring (bicyclic) bond motifs is 2. The van der Waals surface area contributed by atoms with E-state index >= 15 is 0 Å². The number of hydrogen-bond acceptors (Lipinski definition) is 2. The van der Waals surface area contributed by atoms with E-state index in [-0.39, 0.29) is 0 Å². The molecule has 2 nitrogen and oxygen atoms in total. The number of nitrogens with zero attached hydrogens (tertiary/aromatic N) is 1. The highest BCUT2D eigenvalue weighted by molar-refractivity contribution is 4.94. The second-order valence-corrected chi connectivity index (χ2v) is 6.99. The van der Waals surface area contributed by atoms with Crippen molar-refractivity contribution in [3.05, 3.63) is 0 Å². The Morgan fingerprint density at radius 2 is 1.79 bits per heavy atom. The van der Waals surface area contributed by atoms with Crippen molar-refractivity contribution in [2.24, 2.45) is 0 Å². The summed E-state index contributed by atoms with van der Waals surface area (Å²) in [6, 6.07) is 3.22. The van der Waals surface area contributed by atoms with Crippen molar-refractivity contribution in [2.45, 2.75) is 102 Å². The fraction of sp³-hybridized carbons (Fsp3) is 1.00. The lowest BCUT2D eigenvalue weighted by molar-refractivity contribution is 0.0460. The van der Waals surface area contributed by atoms with Crippen molar-refractivity contribution in [2.75, 3.05) is 7.05 Å². The van der Waals surface area contributed by atoms with Crippen molar-refractivity contribution >= 4 is 0 Å². The van der Waals surface area contributed by atoms with Gasteiger partial charge in [0, 0.05) is 24.2 Å². The maximum atomic E-state index is 3.92. The summed E-state index contributed by atoms with van der Waals surface area (Å²) in [7, 11) is 2.35. The summed E-state index contributed by atoms with van der Waals surface area (Å²) in [6.07, 6.45) is 14.0. The first-order chi connectivity index (χ1) is 9.20. The van der Waals surface area contributed by atoms with Crippen LogP contribution < -0.4 is 5.32 Å². The Hall–Kier alpha value is -0.0800. The maximum Gasteiger partial charge on any atom is 0.0110 e. The van der Waals surface area contributed by atoms with Gasteiger partial charge in [0.25, 0.3) is 0 Å². The molecule has 3 unspecified atom stereocenters. The molecule has 0 aliphatic carbocycles. The zero-order chi connectivity index (χ0) is 13.7. The molecule has 2 bridgehead atoms. The van der Waals surface area contributed by atoms with Crippen LogP contribution in [0, 0.1) is 0 Å². The summed E-state index contributed by atoms with van der Waals surface area (Å²) in [5.74, 6) is 0. The third kappa shape index (κ3) is 4.46. The number of hydrogen-bond donors (Lipinski definition) is 1. The van der Waals surface area contributed by atoms with Gasteiger partial charge in [0.2, 0.25) is 0 Å². The van der Waals surface area contributed by atoms with Crippen LogP contribution in [0.25, 0.3) is 0 Å². The molecule has 2 saturated heterocycles. The van der Waals surface area contributed by atoms with Crippen LogP contribution in [0.3, 0.4) is 0 Å². The summed E-state index contributed by atoms with van der Waals surface area (Å²) >= 11 is 0. The van der Waals surface area contributed by atoms with Gasteiger partial charge < -0.3 is 10.2 Å². The highest BCUT2D eigenvalue weighted by Gasteiger charge is 2.35. The lowest BCUT2D eigenvalue weighted by Crippen LogP contribution is -2.55. The van der Waals surface area contributed by atoms with Crippen LogP contribution in [0.5, 0.6) is 0 Å². The first-order valence-electron chi connectivity index (χ1n) is 8.68. The summed E-state index contributed by atoms with van der Waals surface area (Å²) in [6.45, 7) is 4.68. The second kappa shape index (κ2) is 7.64. The van der Waals surface area contributed by atoms with E-state index in [1.807, 2.05) is 0 Å². The first-order valence-corrected chi connectivity index (χ1v) is 8.68. The molecule has 19 heavy (non-hydrogen) atoms. The summed E-state index contributed by atoms with van der Waals surface area (Å²) < 4.78 is 0. The van der Waals surface area contributed by atoms with E-state index in [9.17, 15) is 0 Å². The molecule has 2 rings (SSSR count). The number of rotatable bonds is 7. The van der Waals surface area contributed by atoms with Crippen LogP contribution in [-0.2, 0) is 0 Å². The van der Waals surface area contributed by atoms with Crippen molar-refractivity contribution in [1.29, 1.82) is 0 Å². The first kappa shape index (κ1) is 15.3. The fourth-order valence-electron chi connectivity index (χ4n) is 4.11. The molecule has 112 valence electrons. The standard InChI is InChI=1S/C17H34N2/c1-4-5-6-7-9-14(2)18-15-12-16-10-8-11-17(13-15)19(16)3/h14-18H,4-13H2,1-3H3. The van der Waals surface area contributed by atoms with Gasteiger partial charge in [-0.25, -0.2) is 0 Å². The third-order valence-electron chi connectivity index (χ3n) is 5.35. The molecule has 0 radical (unpaired) electrons. The summed E-state index contributed by atoms with van der Waals surface area (Å²) in [5, 5.41) is 3.92. The van der Waals surface area contributed by atoms with Gasteiger partial charge in [0.15, 0.2) is 0 Å². The minimum absolute atomic E-state index is 0.714. The molecule has 2 heterocycles. The third-order valence-corrected chi connectivity index (χ3v) is 5.35. The molecular formula is C17H34N2. The Bertz CT molecular complexity index is 240. The Labute approximate surface area is 120 Å². The van der Waals surface area contributed by atoms with Crippen LogP contribution in [0.1, 0.15) is 78.1 Å². The highest BCUT2D eigenvalue weighted by Crippen LogP contribution is 2.32. The quantitative estimate of drug-likeness (QED) is 0.702. The fourth-order valence-corrected chi connectivity index (χ4v) is 4.11. The van der Waals surface area contributed by atoms with Gasteiger partial charge in [-0.05, 0) is 46.1 Å². The van der Waals surface area contributed by atoms with Crippen molar-refractivity contribution in [3.63, 3.8) is 0 Å². The Balaban J connectivity index is 1.68. The lowest BCUT2D eigenvalue weighted by atomic mass is 9.82. The molecule has 0 aromatic rings. The Morgan fingerprint density at radius 1 is 1.11 bits per heavy atom. The van der Waals surface area contributed by atoms with E-state index in [4.69, 9.17) is 0 Å². The molecule has 2 aliphatic heterocycles. The lowest BCUT2D eigenvalue weighted by Gasteiger charge is -2.47. The van der Waals surface area contributed by atoms with Crippen LogP contribution in [-0.4, -0.2) is 36.1 Å². The summed E-state index contributed by atoms with van der Waals surface area (Å²) in [4.78, 5) is 2.66. The number of piperidine rings is 2. The van der Waals surface area contributed by atoms with Gasteiger partial charge in [-0.3, -0.25) is 0 Å². The largest absolute Gasteiger partial charge is 0.311 e. The van der Waals surface area contributed by atoms with Crippen LogP contribution >= 0.6 is 0 Å². The minimum atomic E-state index is 0.714. The molecule has 2 heteroatoms. The Kier molecular flexibility index (Phi) is 6.15. The van der Waals surface area contributed by atoms with Gasteiger partial charge in [-0.15, -0.1) is 0 Å². The van der Waals surface area contributed by atoms with Gasteiger partial charge >= 0.3 is 0 Å². The van der Waals surface area contributed by atoms with E-state index in [2.05, 4.69) is 31.1 Å². The van der Waals surface area contributed by atoms with Crippen LogP contribution in [0.4, 0.5) is 0 Å².